The van der Waals surface area contributed by atoms with Gasteiger partial charge in [0.25, 0.3) is 5.91 Å². The molecule has 1 fully saturated rings. The Morgan fingerprint density at radius 2 is 2.26 bits per heavy atom. The first-order valence-corrected chi connectivity index (χ1v) is 6.46. The van der Waals surface area contributed by atoms with Gasteiger partial charge in [0, 0.05) is 31.1 Å². The van der Waals surface area contributed by atoms with E-state index in [2.05, 4.69) is 5.32 Å². The van der Waals surface area contributed by atoms with Gasteiger partial charge in [-0.15, -0.1) is 0 Å². The van der Waals surface area contributed by atoms with Crippen LogP contribution < -0.4 is 10.1 Å². The van der Waals surface area contributed by atoms with Crippen LogP contribution in [0.5, 0.6) is 5.75 Å². The third kappa shape index (κ3) is 4.13. The molecule has 19 heavy (non-hydrogen) atoms. The molecule has 2 amide bonds. The molecule has 0 spiro atoms. The van der Waals surface area contributed by atoms with E-state index in [1.54, 1.807) is 29.2 Å². The number of ether oxygens (including phenoxy) is 1. The lowest BCUT2D eigenvalue weighted by atomic mass is 10.3. The summed E-state index contributed by atoms with van der Waals surface area (Å²) < 4.78 is 5.39. The summed E-state index contributed by atoms with van der Waals surface area (Å²) in [5, 5.41) is 3.28. The molecule has 102 valence electrons. The van der Waals surface area contributed by atoms with Crippen molar-refractivity contribution in [3.8, 4) is 5.75 Å². The van der Waals surface area contributed by atoms with Gasteiger partial charge in [-0.3, -0.25) is 9.59 Å². The van der Waals surface area contributed by atoms with E-state index in [1.807, 2.05) is 0 Å². The van der Waals surface area contributed by atoms with Crippen molar-refractivity contribution in [3.05, 3.63) is 29.3 Å². The van der Waals surface area contributed by atoms with Crippen LogP contribution in [-0.2, 0) is 9.59 Å². The van der Waals surface area contributed by atoms with Crippen molar-refractivity contribution in [2.45, 2.75) is 6.42 Å². The van der Waals surface area contributed by atoms with Crippen molar-refractivity contribution in [2.24, 2.45) is 0 Å². The van der Waals surface area contributed by atoms with Crippen molar-refractivity contribution in [1.82, 2.24) is 10.2 Å². The average molecular weight is 283 g/mol. The van der Waals surface area contributed by atoms with Gasteiger partial charge in [0.15, 0.2) is 6.61 Å². The van der Waals surface area contributed by atoms with Gasteiger partial charge in [0.05, 0.1) is 0 Å². The van der Waals surface area contributed by atoms with Crippen molar-refractivity contribution in [3.63, 3.8) is 0 Å². The highest BCUT2D eigenvalue weighted by atomic mass is 35.5. The van der Waals surface area contributed by atoms with E-state index in [-0.39, 0.29) is 18.4 Å². The first-order valence-electron chi connectivity index (χ1n) is 6.08. The Hall–Kier alpha value is -1.75. The van der Waals surface area contributed by atoms with E-state index in [4.69, 9.17) is 16.3 Å². The lowest BCUT2D eigenvalue weighted by Gasteiger charge is -2.19. The molecule has 0 bridgehead atoms. The second kappa shape index (κ2) is 6.43. The number of nitrogens with zero attached hydrogens (tertiary/aromatic N) is 1. The predicted molar refractivity (Wildman–Crippen MR) is 71.2 cm³/mol. The monoisotopic (exact) mass is 282 g/mol. The molecule has 0 aliphatic carbocycles. The average Bonchev–Trinajstić information content (AvgIpc) is 2.61. The number of carbonyl (C=O) groups excluding carboxylic acids is 2. The lowest BCUT2D eigenvalue weighted by molar-refractivity contribution is -0.133. The van der Waals surface area contributed by atoms with Crippen LogP contribution in [0.25, 0.3) is 0 Å². The van der Waals surface area contributed by atoms with Gasteiger partial charge in [-0.25, -0.2) is 0 Å². The van der Waals surface area contributed by atoms with Crippen molar-refractivity contribution in [2.75, 3.05) is 26.2 Å². The lowest BCUT2D eigenvalue weighted by Crippen LogP contribution is -2.37. The van der Waals surface area contributed by atoms with E-state index >= 15 is 0 Å². The van der Waals surface area contributed by atoms with E-state index < -0.39 is 0 Å². The van der Waals surface area contributed by atoms with E-state index in [0.717, 1.165) is 0 Å². The molecule has 5 nitrogen and oxygen atoms in total. The number of hydrogen-bond donors (Lipinski definition) is 1. The van der Waals surface area contributed by atoms with Crippen molar-refractivity contribution < 1.29 is 14.3 Å². The molecule has 1 N–H and O–H groups in total. The number of rotatable bonds is 3. The fourth-order valence-corrected chi connectivity index (χ4v) is 1.99. The minimum atomic E-state index is -0.128. The molecule has 1 aromatic carbocycles. The maximum absolute atomic E-state index is 11.9. The standard InChI is InChI=1S/C13H15ClN2O3/c14-10-2-1-3-11(8-10)19-9-13(18)16-6-4-12(17)15-5-7-16/h1-3,8H,4-7,9H2,(H,15,17). The maximum Gasteiger partial charge on any atom is 0.260 e. The highest BCUT2D eigenvalue weighted by Gasteiger charge is 2.18. The van der Waals surface area contributed by atoms with Crippen molar-refractivity contribution in [1.29, 1.82) is 0 Å². The molecule has 0 saturated carbocycles. The van der Waals surface area contributed by atoms with E-state index in [0.29, 0.717) is 36.8 Å². The molecule has 0 aromatic heterocycles. The first kappa shape index (κ1) is 13.7. The summed E-state index contributed by atoms with van der Waals surface area (Å²) in [5.41, 5.74) is 0. The molecule has 0 atom stereocenters. The molecule has 1 saturated heterocycles. The number of carbonyl (C=O) groups is 2. The highest BCUT2D eigenvalue weighted by molar-refractivity contribution is 6.30. The Morgan fingerprint density at radius 1 is 1.42 bits per heavy atom. The Balaban J connectivity index is 1.85. The highest BCUT2D eigenvalue weighted by Crippen LogP contribution is 2.17. The van der Waals surface area contributed by atoms with Gasteiger partial charge in [-0.2, -0.15) is 0 Å². The summed E-state index contributed by atoms with van der Waals surface area (Å²) in [7, 11) is 0. The van der Waals surface area contributed by atoms with Gasteiger partial charge < -0.3 is 15.0 Å². The number of hydrogen-bond acceptors (Lipinski definition) is 3. The fraction of sp³-hybridized carbons (Fsp3) is 0.385. The summed E-state index contributed by atoms with van der Waals surface area (Å²) in [6, 6.07) is 6.90. The SMILES string of the molecule is O=C1CCN(C(=O)COc2cccc(Cl)c2)CCN1. The van der Waals surface area contributed by atoms with Crippen LogP contribution in [0, 0.1) is 0 Å². The third-order valence-corrected chi connectivity index (χ3v) is 3.06. The topological polar surface area (TPSA) is 58.6 Å². The van der Waals surface area contributed by atoms with Crippen molar-refractivity contribution >= 4 is 23.4 Å². The van der Waals surface area contributed by atoms with E-state index in [9.17, 15) is 9.59 Å². The second-order valence-electron chi connectivity index (χ2n) is 4.23. The van der Waals surface area contributed by atoms with Crippen LogP contribution in [0.15, 0.2) is 24.3 Å². The zero-order chi connectivity index (χ0) is 13.7. The molecule has 0 radical (unpaired) electrons. The Labute approximate surface area is 116 Å². The zero-order valence-electron chi connectivity index (χ0n) is 10.4. The van der Waals surface area contributed by atoms with Crippen LogP contribution in [0.1, 0.15) is 6.42 Å². The fourth-order valence-electron chi connectivity index (χ4n) is 1.81. The second-order valence-corrected chi connectivity index (χ2v) is 4.66. The molecule has 1 aromatic rings. The van der Waals surface area contributed by atoms with Crippen LogP contribution in [0.4, 0.5) is 0 Å². The molecule has 1 aliphatic heterocycles. The van der Waals surface area contributed by atoms with E-state index in [1.165, 1.54) is 0 Å². The Bertz CT molecular complexity index is 479. The summed E-state index contributed by atoms with van der Waals surface area (Å²) in [4.78, 5) is 24.7. The molecule has 6 heteroatoms. The van der Waals surface area contributed by atoms with Crippen LogP contribution in [0.2, 0.25) is 5.02 Å². The number of halogens is 1. The molecular formula is C13H15ClN2O3. The van der Waals surface area contributed by atoms with Gasteiger partial charge in [-0.1, -0.05) is 17.7 Å². The quantitative estimate of drug-likeness (QED) is 0.902. The molecular weight excluding hydrogens is 268 g/mol. The minimum Gasteiger partial charge on any atom is -0.484 e. The number of nitrogens with one attached hydrogen (secondary N) is 1. The van der Waals surface area contributed by atoms with Gasteiger partial charge in [0.1, 0.15) is 5.75 Å². The number of amides is 2. The van der Waals surface area contributed by atoms with Gasteiger partial charge in [-0.05, 0) is 18.2 Å². The maximum atomic E-state index is 11.9. The van der Waals surface area contributed by atoms with Gasteiger partial charge in [0.2, 0.25) is 5.91 Å². The normalized spacial score (nSPS) is 15.6. The molecule has 0 unspecified atom stereocenters. The minimum absolute atomic E-state index is 0.0222. The smallest absolute Gasteiger partial charge is 0.260 e. The van der Waals surface area contributed by atoms with Crippen LogP contribution >= 0.6 is 11.6 Å². The van der Waals surface area contributed by atoms with Crippen LogP contribution in [0.3, 0.4) is 0 Å². The Morgan fingerprint density at radius 3 is 3.05 bits per heavy atom. The largest absolute Gasteiger partial charge is 0.484 e. The zero-order valence-corrected chi connectivity index (χ0v) is 11.2. The molecule has 2 rings (SSSR count). The summed E-state index contributed by atoms with van der Waals surface area (Å²) >= 11 is 5.83. The van der Waals surface area contributed by atoms with Crippen LogP contribution in [-0.4, -0.2) is 43.0 Å². The third-order valence-electron chi connectivity index (χ3n) is 2.82. The molecule has 1 aliphatic rings. The number of benzene rings is 1. The predicted octanol–water partition coefficient (Wildman–Crippen LogP) is 1.07. The Kier molecular flexibility index (Phi) is 4.63. The summed E-state index contributed by atoms with van der Waals surface area (Å²) in [6.07, 6.45) is 0.336. The first-order chi connectivity index (χ1) is 9.15. The van der Waals surface area contributed by atoms with Gasteiger partial charge >= 0.3 is 0 Å². The molecule has 1 heterocycles. The summed E-state index contributed by atoms with van der Waals surface area (Å²) in [6.45, 7) is 1.39. The summed E-state index contributed by atoms with van der Waals surface area (Å²) in [5.74, 6) is 0.410.